The molecule has 1 aliphatic heterocycles. The van der Waals surface area contributed by atoms with Crippen LogP contribution in [-0.2, 0) is 28.7 Å². The topological polar surface area (TPSA) is 37.4 Å². The number of halogens is 1. The van der Waals surface area contributed by atoms with E-state index in [1.807, 2.05) is 24.3 Å². The van der Waals surface area contributed by atoms with E-state index in [9.17, 15) is 8.42 Å². The van der Waals surface area contributed by atoms with Gasteiger partial charge in [0.05, 0.1) is 4.90 Å². The molecule has 1 heterocycles. The van der Waals surface area contributed by atoms with E-state index in [2.05, 4.69) is 17.0 Å². The van der Waals surface area contributed by atoms with Crippen LogP contribution in [0, 0.1) is 6.92 Å². The molecule has 0 saturated carbocycles. The van der Waals surface area contributed by atoms with Crippen LogP contribution in [0.2, 0.25) is 0 Å². The van der Waals surface area contributed by atoms with Gasteiger partial charge in [-0.1, -0.05) is 36.4 Å². The average Bonchev–Trinajstić information content (AvgIpc) is 2.82. The molecule has 0 saturated heterocycles. The van der Waals surface area contributed by atoms with Crippen LogP contribution < -0.4 is 0 Å². The van der Waals surface area contributed by atoms with E-state index in [4.69, 9.17) is 10.7 Å². The molecule has 0 aromatic heterocycles. The van der Waals surface area contributed by atoms with Gasteiger partial charge in [0.15, 0.2) is 0 Å². The number of aryl methyl sites for hydroxylation is 1. The highest BCUT2D eigenvalue weighted by molar-refractivity contribution is 8.13. The van der Waals surface area contributed by atoms with Crippen molar-refractivity contribution in [2.75, 3.05) is 0 Å². The molecule has 2 aromatic carbocycles. The molecule has 3 rings (SSSR count). The summed E-state index contributed by atoms with van der Waals surface area (Å²) in [7, 11) is 1.79. The molecule has 5 heteroatoms. The molecular weight excluding hydrogens is 306 g/mol. The molecule has 0 bridgehead atoms. The number of hydrogen-bond acceptors (Lipinski definition) is 3. The molecule has 0 unspecified atom stereocenters. The fraction of sp³-hybridized carbons (Fsp3) is 0.250. The van der Waals surface area contributed by atoms with Crippen LogP contribution in [0.3, 0.4) is 0 Å². The number of hydrogen-bond donors (Lipinski definition) is 0. The lowest BCUT2D eigenvalue weighted by Crippen LogP contribution is -2.15. The van der Waals surface area contributed by atoms with Gasteiger partial charge in [-0.25, -0.2) is 8.42 Å². The highest BCUT2D eigenvalue weighted by Gasteiger charge is 2.19. The molecule has 1 aliphatic rings. The molecule has 21 heavy (non-hydrogen) atoms. The highest BCUT2D eigenvalue weighted by Crippen LogP contribution is 2.26. The van der Waals surface area contributed by atoms with Crippen molar-refractivity contribution in [3.8, 4) is 0 Å². The van der Waals surface area contributed by atoms with Crippen LogP contribution in [0.4, 0.5) is 0 Å². The number of fused-ring (bicyclic) bond motifs is 1. The molecule has 2 aromatic rings. The molecule has 0 spiro atoms. The van der Waals surface area contributed by atoms with E-state index < -0.39 is 9.05 Å². The summed E-state index contributed by atoms with van der Waals surface area (Å²) < 4.78 is 23.1. The van der Waals surface area contributed by atoms with Gasteiger partial charge < -0.3 is 0 Å². The zero-order chi connectivity index (χ0) is 15.0. The molecule has 110 valence electrons. The van der Waals surface area contributed by atoms with E-state index in [-0.39, 0.29) is 4.90 Å². The Balaban J connectivity index is 1.81. The lowest BCUT2D eigenvalue weighted by molar-refractivity contribution is 0.275. The van der Waals surface area contributed by atoms with Gasteiger partial charge in [0.2, 0.25) is 0 Å². The van der Waals surface area contributed by atoms with Crippen molar-refractivity contribution in [1.29, 1.82) is 0 Å². The van der Waals surface area contributed by atoms with Crippen molar-refractivity contribution in [3.63, 3.8) is 0 Å². The second-order valence-corrected chi connectivity index (χ2v) is 7.99. The number of rotatable bonds is 3. The Bertz CT molecular complexity index is 762. The predicted octanol–water partition coefficient (Wildman–Crippen LogP) is 3.44. The fourth-order valence-corrected chi connectivity index (χ4v) is 4.02. The van der Waals surface area contributed by atoms with E-state index in [1.54, 1.807) is 13.0 Å². The van der Waals surface area contributed by atoms with Gasteiger partial charge >= 0.3 is 0 Å². The van der Waals surface area contributed by atoms with Crippen LogP contribution in [0.1, 0.15) is 22.3 Å². The maximum absolute atomic E-state index is 11.6. The summed E-state index contributed by atoms with van der Waals surface area (Å²) in [6.45, 7) is 4.26. The first kappa shape index (κ1) is 14.6. The van der Waals surface area contributed by atoms with Crippen LogP contribution in [0.5, 0.6) is 0 Å². The van der Waals surface area contributed by atoms with Gasteiger partial charge in [0, 0.05) is 30.3 Å². The van der Waals surface area contributed by atoms with Crippen molar-refractivity contribution >= 4 is 19.7 Å². The Labute approximate surface area is 129 Å². The Kier molecular flexibility index (Phi) is 3.78. The SMILES string of the molecule is Cc1ccc(CN2Cc3ccccc3C2)cc1S(=O)(=O)Cl. The van der Waals surface area contributed by atoms with Crippen LogP contribution in [-0.4, -0.2) is 13.3 Å². The molecule has 0 aliphatic carbocycles. The van der Waals surface area contributed by atoms with Crippen molar-refractivity contribution < 1.29 is 8.42 Å². The largest absolute Gasteiger partial charge is 0.291 e. The Hall–Kier alpha value is -1.36. The van der Waals surface area contributed by atoms with Gasteiger partial charge in [-0.3, -0.25) is 4.90 Å². The summed E-state index contributed by atoms with van der Waals surface area (Å²) in [6, 6.07) is 13.8. The van der Waals surface area contributed by atoms with E-state index >= 15 is 0 Å². The van der Waals surface area contributed by atoms with E-state index in [0.29, 0.717) is 12.1 Å². The van der Waals surface area contributed by atoms with Crippen molar-refractivity contribution in [2.24, 2.45) is 0 Å². The fourth-order valence-electron chi connectivity index (χ4n) is 2.78. The third-order valence-electron chi connectivity index (χ3n) is 3.83. The standard InChI is InChI=1S/C16H16ClNO2S/c1-12-6-7-13(8-16(12)21(17,19)20)9-18-10-14-4-2-3-5-15(14)11-18/h2-8H,9-11H2,1H3. The van der Waals surface area contributed by atoms with Crippen molar-refractivity contribution in [1.82, 2.24) is 4.90 Å². The van der Waals surface area contributed by atoms with Gasteiger partial charge in [0.25, 0.3) is 9.05 Å². The van der Waals surface area contributed by atoms with E-state index in [0.717, 1.165) is 18.7 Å². The first-order valence-corrected chi connectivity index (χ1v) is 9.08. The minimum absolute atomic E-state index is 0.207. The van der Waals surface area contributed by atoms with Crippen LogP contribution >= 0.6 is 10.7 Å². The van der Waals surface area contributed by atoms with Crippen molar-refractivity contribution in [3.05, 3.63) is 64.7 Å². The van der Waals surface area contributed by atoms with Gasteiger partial charge in [-0.15, -0.1) is 0 Å². The van der Waals surface area contributed by atoms with Crippen LogP contribution in [0.25, 0.3) is 0 Å². The zero-order valence-electron chi connectivity index (χ0n) is 11.7. The van der Waals surface area contributed by atoms with Crippen LogP contribution in [0.15, 0.2) is 47.4 Å². The van der Waals surface area contributed by atoms with Gasteiger partial charge in [-0.05, 0) is 35.2 Å². The highest BCUT2D eigenvalue weighted by atomic mass is 35.7. The lowest BCUT2D eigenvalue weighted by Gasteiger charge is -2.15. The molecule has 0 atom stereocenters. The molecule has 0 radical (unpaired) electrons. The summed E-state index contributed by atoms with van der Waals surface area (Å²) in [4.78, 5) is 2.50. The minimum atomic E-state index is -3.69. The lowest BCUT2D eigenvalue weighted by atomic mass is 10.1. The quantitative estimate of drug-likeness (QED) is 0.813. The van der Waals surface area contributed by atoms with Crippen molar-refractivity contribution in [2.45, 2.75) is 31.5 Å². The average molecular weight is 322 g/mol. The normalized spacial score (nSPS) is 15.1. The Morgan fingerprint density at radius 1 is 1.10 bits per heavy atom. The Morgan fingerprint density at radius 3 is 2.29 bits per heavy atom. The number of nitrogens with zero attached hydrogens (tertiary/aromatic N) is 1. The summed E-state index contributed by atoms with van der Waals surface area (Å²) >= 11 is 0. The minimum Gasteiger partial charge on any atom is -0.291 e. The Morgan fingerprint density at radius 2 is 1.71 bits per heavy atom. The first-order valence-electron chi connectivity index (χ1n) is 6.77. The maximum atomic E-state index is 11.6. The molecular formula is C16H16ClNO2S. The zero-order valence-corrected chi connectivity index (χ0v) is 13.3. The molecule has 0 N–H and O–H groups in total. The number of benzene rings is 2. The monoisotopic (exact) mass is 321 g/mol. The summed E-state index contributed by atoms with van der Waals surface area (Å²) in [6.07, 6.45) is 0. The molecule has 3 nitrogen and oxygen atoms in total. The smallest absolute Gasteiger partial charge is 0.261 e. The summed E-state index contributed by atoms with van der Waals surface area (Å²) in [5.74, 6) is 0. The first-order chi connectivity index (χ1) is 9.93. The van der Waals surface area contributed by atoms with Gasteiger partial charge in [-0.2, -0.15) is 0 Å². The third-order valence-corrected chi connectivity index (χ3v) is 5.29. The third kappa shape index (κ3) is 3.12. The summed E-state index contributed by atoms with van der Waals surface area (Å²) in [5.41, 5.74) is 4.33. The van der Waals surface area contributed by atoms with Gasteiger partial charge in [0.1, 0.15) is 0 Å². The van der Waals surface area contributed by atoms with E-state index in [1.165, 1.54) is 11.1 Å². The summed E-state index contributed by atoms with van der Waals surface area (Å²) in [5, 5.41) is 0. The second kappa shape index (κ2) is 5.44. The predicted molar refractivity (Wildman–Crippen MR) is 83.6 cm³/mol. The molecule has 0 amide bonds. The maximum Gasteiger partial charge on any atom is 0.261 e. The second-order valence-electron chi connectivity index (χ2n) is 5.45. The molecule has 0 fully saturated rings.